The lowest BCUT2D eigenvalue weighted by Crippen LogP contribution is -2.31. The molecule has 0 saturated heterocycles. The van der Waals surface area contributed by atoms with E-state index in [1.165, 1.54) is 6.33 Å². The fraction of sp³-hybridized carbons (Fsp3) is 0.476. The Hall–Kier alpha value is -2.83. The summed E-state index contributed by atoms with van der Waals surface area (Å²) in [5.41, 5.74) is 2.68. The lowest BCUT2D eigenvalue weighted by atomic mass is 9.85. The van der Waals surface area contributed by atoms with Gasteiger partial charge in [-0.25, -0.2) is 4.68 Å². The summed E-state index contributed by atoms with van der Waals surface area (Å²) in [4.78, 5) is 17.1. The summed E-state index contributed by atoms with van der Waals surface area (Å²) in [6.45, 7) is 2.83. The van der Waals surface area contributed by atoms with Gasteiger partial charge in [-0.15, -0.1) is 0 Å². The van der Waals surface area contributed by atoms with Crippen LogP contribution in [0.4, 0.5) is 5.95 Å². The Morgan fingerprint density at radius 1 is 1.25 bits per heavy atom. The molecule has 1 aromatic heterocycles. The number of fused-ring (bicyclic) bond motifs is 1. The number of hydrogen-bond acceptors (Lipinski definition) is 6. The first-order valence-electron chi connectivity index (χ1n) is 9.96. The van der Waals surface area contributed by atoms with Crippen molar-refractivity contribution in [3.63, 3.8) is 0 Å². The first-order valence-corrected chi connectivity index (χ1v) is 9.96. The van der Waals surface area contributed by atoms with Gasteiger partial charge in [0.05, 0.1) is 13.7 Å². The molecule has 1 atom stereocenters. The summed E-state index contributed by atoms with van der Waals surface area (Å²) in [5, 5.41) is 7.65. The zero-order valence-corrected chi connectivity index (χ0v) is 16.4. The van der Waals surface area contributed by atoms with E-state index in [0.29, 0.717) is 24.7 Å². The minimum absolute atomic E-state index is 0.166. The van der Waals surface area contributed by atoms with Crippen LogP contribution in [0, 0.1) is 0 Å². The maximum absolute atomic E-state index is 12.8. The monoisotopic (exact) mass is 382 g/mol. The van der Waals surface area contributed by atoms with E-state index in [2.05, 4.69) is 22.3 Å². The van der Waals surface area contributed by atoms with Gasteiger partial charge in [-0.05, 0) is 37.0 Å². The van der Waals surface area contributed by atoms with Crippen LogP contribution in [0.5, 0.6) is 11.5 Å². The molecule has 0 bridgehead atoms. The van der Waals surface area contributed by atoms with Gasteiger partial charge in [0.15, 0.2) is 17.3 Å². The molecule has 148 valence electrons. The number of allylic oxidation sites excluding steroid dienone is 2. The second-order valence-electron chi connectivity index (χ2n) is 7.19. The van der Waals surface area contributed by atoms with Gasteiger partial charge in [-0.1, -0.05) is 25.8 Å². The van der Waals surface area contributed by atoms with Crippen molar-refractivity contribution in [1.29, 1.82) is 0 Å². The largest absolute Gasteiger partial charge is 0.493 e. The van der Waals surface area contributed by atoms with Crippen LogP contribution >= 0.6 is 0 Å². The summed E-state index contributed by atoms with van der Waals surface area (Å²) in [5.74, 6) is 2.22. The van der Waals surface area contributed by atoms with Crippen molar-refractivity contribution in [3.05, 3.63) is 41.4 Å². The molecule has 0 saturated carbocycles. The van der Waals surface area contributed by atoms with Crippen LogP contribution in [-0.2, 0) is 4.79 Å². The average Bonchev–Trinajstić information content (AvgIpc) is 3.18. The lowest BCUT2D eigenvalue weighted by molar-refractivity contribution is -0.116. The molecule has 28 heavy (non-hydrogen) atoms. The lowest BCUT2D eigenvalue weighted by Gasteiger charge is -2.32. The molecular weight excluding hydrogens is 356 g/mol. The van der Waals surface area contributed by atoms with Crippen LogP contribution in [0.25, 0.3) is 0 Å². The number of benzene rings is 1. The van der Waals surface area contributed by atoms with E-state index >= 15 is 0 Å². The van der Waals surface area contributed by atoms with Crippen molar-refractivity contribution in [2.24, 2.45) is 0 Å². The van der Waals surface area contributed by atoms with Crippen LogP contribution in [0.3, 0.4) is 0 Å². The Morgan fingerprint density at radius 3 is 2.96 bits per heavy atom. The number of carbonyl (C=O) groups is 1. The Bertz CT molecular complexity index is 903. The molecule has 1 aliphatic heterocycles. The molecule has 2 heterocycles. The molecule has 2 aromatic rings. The fourth-order valence-corrected chi connectivity index (χ4v) is 3.91. The Kier molecular flexibility index (Phi) is 5.32. The van der Waals surface area contributed by atoms with Gasteiger partial charge in [-0.3, -0.25) is 4.79 Å². The Morgan fingerprint density at radius 2 is 2.14 bits per heavy atom. The fourth-order valence-electron chi connectivity index (χ4n) is 3.91. The van der Waals surface area contributed by atoms with Gasteiger partial charge in [0.25, 0.3) is 0 Å². The van der Waals surface area contributed by atoms with Crippen LogP contribution in [-0.4, -0.2) is 34.3 Å². The number of hydrogen-bond donors (Lipinski definition) is 1. The number of nitrogens with one attached hydrogen (secondary N) is 1. The van der Waals surface area contributed by atoms with E-state index in [4.69, 9.17) is 9.47 Å². The molecule has 1 N–H and O–H groups in total. The third-order valence-corrected chi connectivity index (χ3v) is 5.32. The molecule has 0 amide bonds. The molecule has 0 radical (unpaired) electrons. The number of methoxy groups -OCH3 is 1. The number of ketones is 1. The number of anilines is 1. The zero-order valence-electron chi connectivity index (χ0n) is 16.4. The summed E-state index contributed by atoms with van der Waals surface area (Å²) < 4.78 is 13.3. The van der Waals surface area contributed by atoms with E-state index < -0.39 is 0 Å². The highest BCUT2D eigenvalue weighted by Gasteiger charge is 2.36. The molecule has 1 unspecified atom stereocenters. The standard InChI is InChI=1S/C21H26N4O3/c1-3-4-5-11-28-17-10-9-14(12-18(17)27-2)20-19-15(7-6-8-16(19)26)24-21-22-13-23-25(20)21/h9-10,12-13,20H,3-8,11H2,1-2H3,(H,22,23,24). The van der Waals surface area contributed by atoms with E-state index in [9.17, 15) is 4.79 Å². The topological polar surface area (TPSA) is 78.3 Å². The van der Waals surface area contributed by atoms with Crippen LogP contribution in [0.2, 0.25) is 0 Å². The highest BCUT2D eigenvalue weighted by molar-refractivity contribution is 5.99. The molecule has 4 rings (SSSR count). The van der Waals surface area contributed by atoms with Crippen LogP contribution < -0.4 is 14.8 Å². The van der Waals surface area contributed by atoms with Gasteiger partial charge in [0.2, 0.25) is 5.95 Å². The summed E-state index contributed by atoms with van der Waals surface area (Å²) >= 11 is 0. The summed E-state index contributed by atoms with van der Waals surface area (Å²) in [6.07, 6.45) is 7.10. The number of ether oxygens (including phenoxy) is 2. The van der Waals surface area contributed by atoms with E-state index in [1.54, 1.807) is 11.8 Å². The highest BCUT2D eigenvalue weighted by atomic mass is 16.5. The second kappa shape index (κ2) is 8.04. The third-order valence-electron chi connectivity index (χ3n) is 5.32. The highest BCUT2D eigenvalue weighted by Crippen LogP contribution is 2.41. The smallest absolute Gasteiger partial charge is 0.226 e. The second-order valence-corrected chi connectivity index (χ2v) is 7.19. The molecule has 0 fully saturated rings. The summed E-state index contributed by atoms with van der Waals surface area (Å²) in [6, 6.07) is 5.56. The molecular formula is C21H26N4O3. The van der Waals surface area contributed by atoms with Crippen molar-refractivity contribution in [2.75, 3.05) is 19.0 Å². The minimum atomic E-state index is -0.301. The molecule has 1 aromatic carbocycles. The third kappa shape index (κ3) is 3.37. The zero-order chi connectivity index (χ0) is 19.5. The number of aromatic nitrogens is 3. The Balaban J connectivity index is 1.69. The minimum Gasteiger partial charge on any atom is -0.493 e. The number of rotatable bonds is 7. The number of unbranched alkanes of at least 4 members (excludes halogenated alkanes) is 2. The molecule has 2 aliphatic rings. The quantitative estimate of drug-likeness (QED) is 0.732. The first kappa shape index (κ1) is 18.5. The van der Waals surface area contributed by atoms with Crippen molar-refractivity contribution in [3.8, 4) is 11.5 Å². The van der Waals surface area contributed by atoms with Crippen LogP contribution in [0.15, 0.2) is 35.8 Å². The van der Waals surface area contributed by atoms with Gasteiger partial charge in [-0.2, -0.15) is 10.1 Å². The van der Waals surface area contributed by atoms with Crippen molar-refractivity contribution in [2.45, 2.75) is 51.5 Å². The van der Waals surface area contributed by atoms with E-state index in [1.807, 2.05) is 18.2 Å². The van der Waals surface area contributed by atoms with Gasteiger partial charge in [0.1, 0.15) is 12.4 Å². The van der Waals surface area contributed by atoms with E-state index in [-0.39, 0.29) is 11.8 Å². The number of carbonyl (C=O) groups excluding carboxylic acids is 1. The number of Topliss-reactive ketones (excluding diaryl/α,β-unsaturated/α-hetero) is 1. The Labute approximate surface area is 164 Å². The molecule has 0 spiro atoms. The van der Waals surface area contributed by atoms with Crippen molar-refractivity contribution in [1.82, 2.24) is 14.8 Å². The molecule has 1 aliphatic carbocycles. The van der Waals surface area contributed by atoms with Crippen molar-refractivity contribution >= 4 is 11.7 Å². The number of nitrogens with zero attached hydrogens (tertiary/aromatic N) is 3. The molecule has 7 nitrogen and oxygen atoms in total. The predicted molar refractivity (Wildman–Crippen MR) is 106 cm³/mol. The average molecular weight is 382 g/mol. The van der Waals surface area contributed by atoms with Gasteiger partial charge < -0.3 is 14.8 Å². The van der Waals surface area contributed by atoms with Crippen molar-refractivity contribution < 1.29 is 14.3 Å². The summed E-state index contributed by atoms with van der Waals surface area (Å²) in [7, 11) is 1.64. The van der Waals surface area contributed by atoms with E-state index in [0.717, 1.165) is 54.7 Å². The maximum atomic E-state index is 12.8. The van der Waals surface area contributed by atoms with Crippen LogP contribution in [0.1, 0.15) is 57.1 Å². The SMILES string of the molecule is CCCCCOc1ccc(C2C3=C(CCCC3=O)Nc3ncnn32)cc1OC. The first-order chi connectivity index (χ1) is 13.7. The van der Waals surface area contributed by atoms with Gasteiger partial charge in [0, 0.05) is 17.7 Å². The van der Waals surface area contributed by atoms with Gasteiger partial charge >= 0.3 is 0 Å². The predicted octanol–water partition coefficient (Wildman–Crippen LogP) is 3.88. The molecule has 7 heteroatoms. The normalized spacial score (nSPS) is 18.4. The maximum Gasteiger partial charge on any atom is 0.226 e.